The molecule has 0 aromatic carbocycles. The van der Waals surface area contributed by atoms with Crippen LogP contribution in [-0.2, 0) is 0 Å². The normalized spacial score (nSPS) is 12.2. The van der Waals surface area contributed by atoms with Crippen molar-refractivity contribution >= 4 is 0 Å². The fraction of sp³-hybridized carbons (Fsp3) is 0.889. The standard InChI is InChI=1S/C18H38N2O2/c1-5-9-13-19(14-10-6-2)17(21)18(22)20(15-11-7-3)16-12-8-4/h21-22H,5-16H2,1-4H3. The van der Waals surface area contributed by atoms with E-state index in [4.69, 9.17) is 0 Å². The molecule has 0 atom stereocenters. The van der Waals surface area contributed by atoms with Crippen LogP contribution in [0.25, 0.3) is 0 Å². The number of aliphatic hydroxyl groups is 2. The largest absolute Gasteiger partial charge is 0.491 e. The second kappa shape index (κ2) is 13.6. The summed E-state index contributed by atoms with van der Waals surface area (Å²) in [4.78, 5) is 3.88. The highest BCUT2D eigenvalue weighted by Gasteiger charge is 2.18. The first-order chi connectivity index (χ1) is 10.6. The lowest BCUT2D eigenvalue weighted by atomic mass is 10.2. The van der Waals surface area contributed by atoms with Crippen molar-refractivity contribution in [3.8, 4) is 0 Å². The van der Waals surface area contributed by atoms with E-state index >= 15 is 0 Å². The van der Waals surface area contributed by atoms with Gasteiger partial charge in [0.05, 0.1) is 0 Å². The first kappa shape index (κ1) is 20.9. The van der Waals surface area contributed by atoms with E-state index in [1.807, 2.05) is 9.80 Å². The Kier molecular flexibility index (Phi) is 12.9. The molecule has 0 fully saturated rings. The third-order valence-electron chi connectivity index (χ3n) is 3.93. The summed E-state index contributed by atoms with van der Waals surface area (Å²) < 4.78 is 0. The molecule has 0 radical (unpaired) electrons. The molecule has 0 aliphatic carbocycles. The van der Waals surface area contributed by atoms with E-state index in [9.17, 15) is 10.2 Å². The van der Waals surface area contributed by atoms with Gasteiger partial charge in [0.25, 0.3) is 0 Å². The van der Waals surface area contributed by atoms with Crippen molar-refractivity contribution in [3.05, 3.63) is 11.8 Å². The van der Waals surface area contributed by atoms with Crippen molar-refractivity contribution in [3.63, 3.8) is 0 Å². The summed E-state index contributed by atoms with van der Waals surface area (Å²) in [6, 6.07) is 0. The van der Waals surface area contributed by atoms with Crippen LogP contribution in [-0.4, -0.2) is 46.2 Å². The Balaban J connectivity index is 4.97. The van der Waals surface area contributed by atoms with Crippen LogP contribution >= 0.6 is 0 Å². The van der Waals surface area contributed by atoms with Gasteiger partial charge in [-0.25, -0.2) is 0 Å². The number of hydrogen-bond acceptors (Lipinski definition) is 4. The van der Waals surface area contributed by atoms with Crippen LogP contribution in [0.4, 0.5) is 0 Å². The Bertz CT molecular complexity index is 249. The molecule has 132 valence electrons. The minimum absolute atomic E-state index is 0.0640. The summed E-state index contributed by atoms with van der Waals surface area (Å²) in [5.74, 6) is 0.128. The first-order valence-electron chi connectivity index (χ1n) is 9.24. The second-order valence-corrected chi connectivity index (χ2v) is 6.04. The van der Waals surface area contributed by atoms with E-state index in [0.29, 0.717) is 0 Å². The average Bonchev–Trinajstić information content (AvgIpc) is 2.54. The van der Waals surface area contributed by atoms with Gasteiger partial charge in [-0.05, 0) is 25.7 Å². The molecule has 0 spiro atoms. The van der Waals surface area contributed by atoms with Crippen molar-refractivity contribution < 1.29 is 10.2 Å². The molecule has 0 aromatic heterocycles. The smallest absolute Gasteiger partial charge is 0.249 e. The van der Waals surface area contributed by atoms with Gasteiger partial charge in [0.2, 0.25) is 11.8 Å². The molecule has 4 nitrogen and oxygen atoms in total. The highest BCUT2D eigenvalue weighted by molar-refractivity contribution is 4.98. The van der Waals surface area contributed by atoms with Gasteiger partial charge < -0.3 is 20.0 Å². The van der Waals surface area contributed by atoms with Crippen LogP contribution in [0.2, 0.25) is 0 Å². The Morgan fingerprint density at radius 3 is 0.955 bits per heavy atom. The van der Waals surface area contributed by atoms with Gasteiger partial charge in [-0.15, -0.1) is 0 Å². The lowest BCUT2D eigenvalue weighted by Gasteiger charge is -2.29. The number of aliphatic hydroxyl groups excluding tert-OH is 2. The maximum atomic E-state index is 10.5. The molecule has 0 saturated carbocycles. The van der Waals surface area contributed by atoms with Gasteiger partial charge in [0.15, 0.2) is 0 Å². The van der Waals surface area contributed by atoms with Gasteiger partial charge >= 0.3 is 0 Å². The van der Waals surface area contributed by atoms with E-state index in [1.165, 1.54) is 0 Å². The van der Waals surface area contributed by atoms with Gasteiger partial charge in [-0.1, -0.05) is 53.4 Å². The summed E-state index contributed by atoms with van der Waals surface area (Å²) in [6.07, 6.45) is 8.49. The molecule has 0 bridgehead atoms. The van der Waals surface area contributed by atoms with Crippen LogP contribution in [0.5, 0.6) is 0 Å². The minimum Gasteiger partial charge on any atom is -0.491 e. The Hall–Kier alpha value is -1.06. The van der Waals surface area contributed by atoms with E-state index in [0.717, 1.165) is 77.5 Å². The fourth-order valence-corrected chi connectivity index (χ4v) is 2.33. The van der Waals surface area contributed by atoms with Crippen molar-refractivity contribution in [2.45, 2.75) is 79.1 Å². The molecule has 0 rings (SSSR count). The average molecular weight is 315 g/mol. The lowest BCUT2D eigenvalue weighted by Crippen LogP contribution is -2.33. The molecule has 2 N–H and O–H groups in total. The predicted octanol–water partition coefficient (Wildman–Crippen LogP) is 5.03. The Morgan fingerprint density at radius 1 is 0.545 bits per heavy atom. The van der Waals surface area contributed by atoms with Crippen LogP contribution < -0.4 is 0 Å². The van der Waals surface area contributed by atoms with Crippen LogP contribution in [0.3, 0.4) is 0 Å². The van der Waals surface area contributed by atoms with Crippen molar-refractivity contribution in [2.75, 3.05) is 26.2 Å². The number of hydrogen-bond donors (Lipinski definition) is 2. The molecule has 4 heteroatoms. The van der Waals surface area contributed by atoms with Crippen molar-refractivity contribution in [2.24, 2.45) is 0 Å². The molecule has 0 saturated heterocycles. The zero-order chi connectivity index (χ0) is 16.8. The summed E-state index contributed by atoms with van der Waals surface area (Å²) in [6.45, 7) is 11.8. The third-order valence-corrected chi connectivity index (χ3v) is 3.93. The number of nitrogens with zero attached hydrogens (tertiary/aromatic N) is 2. The van der Waals surface area contributed by atoms with Gasteiger partial charge in [0, 0.05) is 26.2 Å². The van der Waals surface area contributed by atoms with E-state index in [2.05, 4.69) is 27.7 Å². The van der Waals surface area contributed by atoms with Crippen molar-refractivity contribution in [1.29, 1.82) is 0 Å². The quantitative estimate of drug-likeness (QED) is 0.441. The van der Waals surface area contributed by atoms with Crippen LogP contribution in [0, 0.1) is 0 Å². The summed E-state index contributed by atoms with van der Waals surface area (Å²) in [5, 5.41) is 21.0. The molecular weight excluding hydrogens is 276 g/mol. The molecule has 0 aliphatic rings. The molecule has 0 heterocycles. The predicted molar refractivity (Wildman–Crippen MR) is 95.1 cm³/mol. The number of rotatable bonds is 14. The summed E-state index contributed by atoms with van der Waals surface area (Å²) >= 11 is 0. The van der Waals surface area contributed by atoms with E-state index < -0.39 is 0 Å². The lowest BCUT2D eigenvalue weighted by molar-refractivity contribution is 0.114. The molecule has 0 aromatic rings. The monoisotopic (exact) mass is 314 g/mol. The summed E-state index contributed by atoms with van der Waals surface area (Å²) in [7, 11) is 0. The second-order valence-electron chi connectivity index (χ2n) is 6.04. The van der Waals surface area contributed by atoms with Gasteiger partial charge in [-0.3, -0.25) is 0 Å². The van der Waals surface area contributed by atoms with Gasteiger partial charge in [-0.2, -0.15) is 0 Å². The highest BCUT2D eigenvalue weighted by Crippen LogP contribution is 2.14. The molecule has 0 amide bonds. The Morgan fingerprint density at radius 2 is 0.773 bits per heavy atom. The molecular formula is C18H38N2O2. The van der Waals surface area contributed by atoms with Gasteiger partial charge in [0.1, 0.15) is 0 Å². The highest BCUT2D eigenvalue weighted by atomic mass is 16.3. The number of unbranched alkanes of at least 4 members (excludes halogenated alkanes) is 4. The zero-order valence-electron chi connectivity index (χ0n) is 15.3. The summed E-state index contributed by atoms with van der Waals surface area (Å²) in [5.41, 5.74) is 0. The topological polar surface area (TPSA) is 46.9 Å². The fourth-order valence-electron chi connectivity index (χ4n) is 2.33. The molecule has 22 heavy (non-hydrogen) atoms. The van der Waals surface area contributed by atoms with E-state index in [1.54, 1.807) is 0 Å². The minimum atomic E-state index is 0.0640. The van der Waals surface area contributed by atoms with E-state index in [-0.39, 0.29) is 11.8 Å². The van der Waals surface area contributed by atoms with Crippen LogP contribution in [0.15, 0.2) is 11.8 Å². The molecule has 0 aliphatic heterocycles. The molecule has 0 unspecified atom stereocenters. The maximum Gasteiger partial charge on any atom is 0.249 e. The van der Waals surface area contributed by atoms with Crippen molar-refractivity contribution in [1.82, 2.24) is 9.80 Å². The Labute approximate surface area is 137 Å². The van der Waals surface area contributed by atoms with Crippen LogP contribution in [0.1, 0.15) is 79.1 Å². The maximum absolute atomic E-state index is 10.5. The SMILES string of the molecule is CCCCN(CCCC)C(O)=C(O)N(CCCC)CCCC. The first-order valence-corrected chi connectivity index (χ1v) is 9.24. The third kappa shape index (κ3) is 8.40. The zero-order valence-corrected chi connectivity index (χ0v) is 15.3.